The number of aliphatic hydroxyl groups is 1. The SMILES string of the molecule is C[C@@H]1c2c(ccc(O)c2O)[C@H](O)CN1C. The number of aliphatic hydroxyl groups excluding tert-OH is 1. The first-order chi connectivity index (χ1) is 7.02. The topological polar surface area (TPSA) is 63.9 Å². The van der Waals surface area contributed by atoms with E-state index in [1.165, 1.54) is 6.07 Å². The van der Waals surface area contributed by atoms with Crippen molar-refractivity contribution in [2.24, 2.45) is 0 Å². The van der Waals surface area contributed by atoms with Crippen LogP contribution in [0.4, 0.5) is 0 Å². The summed E-state index contributed by atoms with van der Waals surface area (Å²) in [6.07, 6.45) is -0.604. The van der Waals surface area contributed by atoms with E-state index >= 15 is 0 Å². The van der Waals surface area contributed by atoms with Crippen LogP contribution in [-0.2, 0) is 0 Å². The summed E-state index contributed by atoms with van der Waals surface area (Å²) in [6, 6.07) is 3.07. The molecule has 1 aliphatic rings. The summed E-state index contributed by atoms with van der Waals surface area (Å²) in [4.78, 5) is 1.94. The van der Waals surface area contributed by atoms with Crippen LogP contribution < -0.4 is 0 Å². The molecule has 1 aromatic rings. The standard InChI is InChI=1S/C11H15NO3/c1-6-10-7(9(14)5-12(6)2)3-4-8(13)11(10)15/h3-4,6,9,13-15H,5H2,1-2H3/t6-,9-/m1/s1. The second-order valence-corrected chi connectivity index (χ2v) is 4.07. The van der Waals surface area contributed by atoms with E-state index < -0.39 is 6.10 Å². The zero-order valence-electron chi connectivity index (χ0n) is 8.81. The maximum absolute atomic E-state index is 9.83. The molecule has 0 aliphatic carbocycles. The normalized spacial score (nSPS) is 26.3. The predicted molar refractivity (Wildman–Crippen MR) is 55.8 cm³/mol. The lowest BCUT2D eigenvalue weighted by atomic mass is 9.91. The van der Waals surface area contributed by atoms with Gasteiger partial charge in [-0.1, -0.05) is 6.07 Å². The first-order valence-corrected chi connectivity index (χ1v) is 4.95. The Labute approximate surface area is 88.4 Å². The third-order valence-electron chi connectivity index (χ3n) is 3.13. The van der Waals surface area contributed by atoms with Crippen molar-refractivity contribution in [2.45, 2.75) is 19.1 Å². The third-order valence-corrected chi connectivity index (χ3v) is 3.13. The van der Waals surface area contributed by atoms with Crippen LogP contribution in [0.25, 0.3) is 0 Å². The lowest BCUT2D eigenvalue weighted by Crippen LogP contribution is -2.33. The maximum atomic E-state index is 9.83. The summed E-state index contributed by atoms with van der Waals surface area (Å²) in [5.74, 6) is -0.256. The molecule has 4 heteroatoms. The number of nitrogens with zero attached hydrogens (tertiary/aromatic N) is 1. The molecule has 0 saturated heterocycles. The smallest absolute Gasteiger partial charge is 0.162 e. The molecule has 1 aromatic carbocycles. The van der Waals surface area contributed by atoms with Crippen LogP contribution >= 0.6 is 0 Å². The summed E-state index contributed by atoms with van der Waals surface area (Å²) >= 11 is 0. The minimum absolute atomic E-state index is 0.00417. The van der Waals surface area contributed by atoms with Gasteiger partial charge in [-0.2, -0.15) is 0 Å². The summed E-state index contributed by atoms with van der Waals surface area (Å²) in [6.45, 7) is 2.47. The van der Waals surface area contributed by atoms with Gasteiger partial charge in [0.15, 0.2) is 11.5 Å². The van der Waals surface area contributed by atoms with E-state index in [0.717, 1.165) is 0 Å². The van der Waals surface area contributed by atoms with Crippen LogP contribution in [0.1, 0.15) is 30.2 Å². The van der Waals surface area contributed by atoms with Crippen molar-refractivity contribution in [3.63, 3.8) is 0 Å². The molecule has 82 valence electrons. The summed E-state index contributed by atoms with van der Waals surface area (Å²) in [5, 5.41) is 29.0. The number of fused-ring (bicyclic) bond motifs is 1. The second kappa shape index (κ2) is 3.40. The van der Waals surface area contributed by atoms with Crippen molar-refractivity contribution < 1.29 is 15.3 Å². The molecule has 0 aromatic heterocycles. The Morgan fingerprint density at radius 1 is 1.33 bits per heavy atom. The molecule has 0 fully saturated rings. The molecule has 2 rings (SSSR count). The van der Waals surface area contributed by atoms with Gasteiger partial charge in [0.1, 0.15) is 0 Å². The Morgan fingerprint density at radius 3 is 2.67 bits per heavy atom. The Morgan fingerprint density at radius 2 is 2.00 bits per heavy atom. The number of phenolic OH excluding ortho intramolecular Hbond substituents is 2. The first kappa shape index (κ1) is 10.3. The summed E-state index contributed by atoms with van der Waals surface area (Å²) < 4.78 is 0. The summed E-state index contributed by atoms with van der Waals surface area (Å²) in [5.41, 5.74) is 1.33. The van der Waals surface area contributed by atoms with Crippen LogP contribution in [0, 0.1) is 0 Å². The van der Waals surface area contributed by atoms with E-state index in [2.05, 4.69) is 0 Å². The van der Waals surface area contributed by atoms with Gasteiger partial charge in [0.25, 0.3) is 0 Å². The van der Waals surface area contributed by atoms with Gasteiger partial charge in [0.2, 0.25) is 0 Å². The molecule has 4 nitrogen and oxygen atoms in total. The number of hydrogen-bond donors (Lipinski definition) is 3. The lowest BCUT2D eigenvalue weighted by Gasteiger charge is -2.35. The maximum Gasteiger partial charge on any atom is 0.162 e. The van der Waals surface area contributed by atoms with Crippen molar-refractivity contribution in [1.29, 1.82) is 0 Å². The van der Waals surface area contributed by atoms with Gasteiger partial charge in [0, 0.05) is 18.2 Å². The van der Waals surface area contributed by atoms with Crippen molar-refractivity contribution in [3.05, 3.63) is 23.3 Å². The zero-order valence-corrected chi connectivity index (χ0v) is 8.81. The fourth-order valence-corrected chi connectivity index (χ4v) is 2.09. The van der Waals surface area contributed by atoms with Gasteiger partial charge in [-0.15, -0.1) is 0 Å². The minimum atomic E-state index is -0.604. The third kappa shape index (κ3) is 1.46. The summed E-state index contributed by atoms with van der Waals surface area (Å²) in [7, 11) is 1.88. The number of likely N-dealkylation sites (N-methyl/N-ethyl adjacent to an activating group) is 1. The lowest BCUT2D eigenvalue weighted by molar-refractivity contribution is 0.0872. The molecule has 0 spiro atoms. The molecule has 15 heavy (non-hydrogen) atoms. The van der Waals surface area contributed by atoms with Crippen LogP contribution in [0.15, 0.2) is 12.1 Å². The molecule has 0 bridgehead atoms. The quantitative estimate of drug-likeness (QED) is 0.561. The van der Waals surface area contributed by atoms with E-state index in [-0.39, 0.29) is 17.5 Å². The predicted octanol–water partition coefficient (Wildman–Crippen LogP) is 1.14. The number of phenols is 2. The van der Waals surface area contributed by atoms with E-state index in [1.54, 1.807) is 6.07 Å². The fraction of sp³-hybridized carbons (Fsp3) is 0.455. The van der Waals surface area contributed by atoms with Gasteiger partial charge in [-0.3, -0.25) is 4.90 Å². The monoisotopic (exact) mass is 209 g/mol. The van der Waals surface area contributed by atoms with Crippen molar-refractivity contribution in [2.75, 3.05) is 13.6 Å². The number of β-amino-alcohol motifs (C(OH)–C–C–N with tert-alkyl or cyclic N) is 1. The van der Waals surface area contributed by atoms with Crippen LogP contribution in [0.3, 0.4) is 0 Å². The van der Waals surface area contributed by atoms with Crippen molar-refractivity contribution in [1.82, 2.24) is 4.90 Å². The van der Waals surface area contributed by atoms with E-state index in [0.29, 0.717) is 17.7 Å². The Balaban J connectivity index is 2.61. The number of benzene rings is 1. The number of hydrogen-bond acceptors (Lipinski definition) is 4. The largest absolute Gasteiger partial charge is 0.504 e. The van der Waals surface area contributed by atoms with Gasteiger partial charge >= 0.3 is 0 Å². The number of aromatic hydroxyl groups is 2. The van der Waals surface area contributed by atoms with Crippen LogP contribution in [-0.4, -0.2) is 33.8 Å². The zero-order chi connectivity index (χ0) is 11.2. The highest BCUT2D eigenvalue weighted by molar-refractivity contribution is 5.52. The molecule has 3 N–H and O–H groups in total. The molecular weight excluding hydrogens is 194 g/mol. The first-order valence-electron chi connectivity index (χ1n) is 4.95. The van der Waals surface area contributed by atoms with Gasteiger partial charge in [0.05, 0.1) is 6.10 Å². The molecular formula is C11H15NO3. The Bertz CT molecular complexity index is 392. The highest BCUT2D eigenvalue weighted by Gasteiger charge is 2.30. The molecule has 0 radical (unpaired) electrons. The molecule has 2 atom stereocenters. The van der Waals surface area contributed by atoms with Crippen molar-refractivity contribution >= 4 is 0 Å². The molecule has 0 unspecified atom stereocenters. The average molecular weight is 209 g/mol. The van der Waals surface area contributed by atoms with Gasteiger partial charge in [-0.05, 0) is 25.6 Å². The minimum Gasteiger partial charge on any atom is -0.504 e. The fourth-order valence-electron chi connectivity index (χ4n) is 2.09. The van der Waals surface area contributed by atoms with E-state index in [1.807, 2.05) is 18.9 Å². The van der Waals surface area contributed by atoms with E-state index in [4.69, 9.17) is 0 Å². The van der Waals surface area contributed by atoms with Gasteiger partial charge < -0.3 is 15.3 Å². The molecule has 0 saturated carbocycles. The van der Waals surface area contributed by atoms with Crippen LogP contribution in [0.5, 0.6) is 11.5 Å². The Hall–Kier alpha value is -1.26. The molecule has 1 heterocycles. The number of rotatable bonds is 0. The highest BCUT2D eigenvalue weighted by atomic mass is 16.3. The van der Waals surface area contributed by atoms with Crippen LogP contribution in [0.2, 0.25) is 0 Å². The van der Waals surface area contributed by atoms with Gasteiger partial charge in [-0.25, -0.2) is 0 Å². The van der Waals surface area contributed by atoms with E-state index in [9.17, 15) is 15.3 Å². The highest BCUT2D eigenvalue weighted by Crippen LogP contribution is 2.42. The molecule has 1 aliphatic heterocycles. The Kier molecular flexibility index (Phi) is 2.32. The molecule has 0 amide bonds. The van der Waals surface area contributed by atoms with Crippen molar-refractivity contribution in [3.8, 4) is 11.5 Å². The average Bonchev–Trinajstić information content (AvgIpc) is 2.19. The second-order valence-electron chi connectivity index (χ2n) is 4.07.